The molecule has 0 rings (SSSR count). The molecule has 0 bridgehead atoms. The number of hydrogen-bond acceptors (Lipinski definition) is 1. The molecule has 2 unspecified atom stereocenters. The van der Waals surface area contributed by atoms with E-state index in [-0.39, 0.29) is 5.92 Å². The van der Waals surface area contributed by atoms with Gasteiger partial charge in [0.2, 0.25) is 0 Å². The molecule has 16 heavy (non-hydrogen) atoms. The second kappa shape index (κ2) is 9.68. The van der Waals surface area contributed by atoms with E-state index in [1.807, 2.05) is 6.92 Å². The predicted molar refractivity (Wildman–Crippen MR) is 68.6 cm³/mol. The van der Waals surface area contributed by atoms with Crippen molar-refractivity contribution in [1.82, 2.24) is 0 Å². The van der Waals surface area contributed by atoms with Crippen molar-refractivity contribution in [2.75, 3.05) is 0 Å². The van der Waals surface area contributed by atoms with Crippen LogP contribution in [-0.2, 0) is 4.79 Å². The van der Waals surface area contributed by atoms with Crippen molar-refractivity contribution < 1.29 is 9.90 Å². The summed E-state index contributed by atoms with van der Waals surface area (Å²) in [6.07, 6.45) is 9.01. The highest BCUT2D eigenvalue weighted by atomic mass is 16.4. The summed E-state index contributed by atoms with van der Waals surface area (Å²) in [5, 5.41) is 9.17. The van der Waals surface area contributed by atoms with Gasteiger partial charge in [0, 0.05) is 0 Å². The Hall–Kier alpha value is -0.530. The lowest BCUT2D eigenvalue weighted by Crippen LogP contribution is -2.23. The molecule has 0 spiro atoms. The normalized spacial score (nSPS) is 14.7. The van der Waals surface area contributed by atoms with Gasteiger partial charge in [0.05, 0.1) is 5.92 Å². The number of aliphatic carboxylic acids is 1. The summed E-state index contributed by atoms with van der Waals surface area (Å²) in [6, 6.07) is 0. The summed E-state index contributed by atoms with van der Waals surface area (Å²) in [6.45, 7) is 6.34. The maximum absolute atomic E-state index is 11.1. The van der Waals surface area contributed by atoms with Crippen molar-refractivity contribution in [1.29, 1.82) is 0 Å². The molecule has 0 aliphatic carbocycles. The number of rotatable bonds is 10. The fraction of sp³-hybridized carbons (Fsp3) is 0.929. The van der Waals surface area contributed by atoms with E-state index < -0.39 is 5.97 Å². The summed E-state index contributed by atoms with van der Waals surface area (Å²) in [5.41, 5.74) is 0. The average Bonchev–Trinajstić information content (AvgIpc) is 2.24. The lowest BCUT2D eigenvalue weighted by atomic mass is 9.83. The van der Waals surface area contributed by atoms with Crippen molar-refractivity contribution >= 4 is 5.97 Å². The van der Waals surface area contributed by atoms with Gasteiger partial charge in [-0.15, -0.1) is 0 Å². The summed E-state index contributed by atoms with van der Waals surface area (Å²) in [5.74, 6) is -0.331. The summed E-state index contributed by atoms with van der Waals surface area (Å²) in [7, 11) is 0. The predicted octanol–water partition coefficient (Wildman–Crippen LogP) is 4.48. The van der Waals surface area contributed by atoms with Gasteiger partial charge in [0.15, 0.2) is 0 Å². The third kappa shape index (κ3) is 6.14. The molecule has 0 heterocycles. The van der Waals surface area contributed by atoms with Crippen molar-refractivity contribution in [3.63, 3.8) is 0 Å². The molecule has 0 aliphatic rings. The Morgan fingerprint density at radius 1 is 1.00 bits per heavy atom. The van der Waals surface area contributed by atoms with Crippen molar-refractivity contribution in [2.24, 2.45) is 11.8 Å². The topological polar surface area (TPSA) is 37.3 Å². The molecule has 0 saturated heterocycles. The fourth-order valence-electron chi connectivity index (χ4n) is 2.46. The van der Waals surface area contributed by atoms with Crippen LogP contribution in [0.2, 0.25) is 0 Å². The first-order valence-corrected chi connectivity index (χ1v) is 6.90. The highest BCUT2D eigenvalue weighted by molar-refractivity contribution is 5.70. The Labute approximate surface area is 100 Å². The van der Waals surface area contributed by atoms with Crippen molar-refractivity contribution in [3.8, 4) is 0 Å². The van der Waals surface area contributed by atoms with Gasteiger partial charge in [-0.25, -0.2) is 0 Å². The molecule has 96 valence electrons. The molecule has 2 atom stereocenters. The van der Waals surface area contributed by atoms with Crippen LogP contribution in [0.4, 0.5) is 0 Å². The van der Waals surface area contributed by atoms with Gasteiger partial charge in [-0.05, 0) is 25.2 Å². The van der Waals surface area contributed by atoms with E-state index in [0.29, 0.717) is 5.92 Å². The molecule has 1 N–H and O–H groups in total. The number of carboxylic acid groups (broad SMARTS) is 1. The molecule has 0 radical (unpaired) electrons. The van der Waals surface area contributed by atoms with Gasteiger partial charge in [0.25, 0.3) is 0 Å². The largest absolute Gasteiger partial charge is 0.481 e. The fourth-order valence-corrected chi connectivity index (χ4v) is 2.46. The van der Waals surface area contributed by atoms with Crippen LogP contribution in [-0.4, -0.2) is 11.1 Å². The molecule has 0 aliphatic heterocycles. The van der Waals surface area contributed by atoms with Crippen LogP contribution in [0.15, 0.2) is 0 Å². The number of hydrogen-bond donors (Lipinski definition) is 1. The van der Waals surface area contributed by atoms with E-state index in [4.69, 9.17) is 0 Å². The molecule has 0 amide bonds. The van der Waals surface area contributed by atoms with E-state index in [2.05, 4.69) is 13.8 Å². The molecule has 0 aromatic rings. The first-order chi connectivity index (χ1) is 7.67. The van der Waals surface area contributed by atoms with Crippen LogP contribution in [0.1, 0.15) is 72.1 Å². The monoisotopic (exact) mass is 228 g/mol. The third-order valence-electron chi connectivity index (χ3n) is 3.41. The van der Waals surface area contributed by atoms with E-state index >= 15 is 0 Å². The lowest BCUT2D eigenvalue weighted by molar-refractivity contribution is -0.144. The zero-order valence-electron chi connectivity index (χ0n) is 11.2. The second-order valence-corrected chi connectivity index (χ2v) is 4.75. The highest BCUT2D eigenvalue weighted by Crippen LogP contribution is 2.27. The second-order valence-electron chi connectivity index (χ2n) is 4.75. The quantitative estimate of drug-likeness (QED) is 0.560. The van der Waals surface area contributed by atoms with Crippen molar-refractivity contribution in [2.45, 2.75) is 72.1 Å². The molecule has 2 heteroatoms. The van der Waals surface area contributed by atoms with Crippen molar-refractivity contribution in [3.05, 3.63) is 0 Å². The van der Waals surface area contributed by atoms with E-state index in [0.717, 1.165) is 25.7 Å². The maximum Gasteiger partial charge on any atom is 0.306 e. The van der Waals surface area contributed by atoms with Gasteiger partial charge in [-0.2, -0.15) is 0 Å². The number of carboxylic acids is 1. The van der Waals surface area contributed by atoms with Gasteiger partial charge >= 0.3 is 5.97 Å². The Morgan fingerprint density at radius 3 is 2.12 bits per heavy atom. The zero-order valence-corrected chi connectivity index (χ0v) is 11.2. The maximum atomic E-state index is 11.1. The Balaban J connectivity index is 4.07. The van der Waals surface area contributed by atoms with Gasteiger partial charge in [0.1, 0.15) is 0 Å². The zero-order chi connectivity index (χ0) is 12.4. The Kier molecular flexibility index (Phi) is 9.36. The minimum atomic E-state index is -0.601. The first kappa shape index (κ1) is 15.5. The van der Waals surface area contributed by atoms with Crippen LogP contribution in [0.3, 0.4) is 0 Å². The number of unbranched alkanes of at least 4 members (excludes halogenated alkanes) is 3. The average molecular weight is 228 g/mol. The summed E-state index contributed by atoms with van der Waals surface area (Å²) in [4.78, 5) is 11.1. The summed E-state index contributed by atoms with van der Waals surface area (Å²) < 4.78 is 0. The minimum Gasteiger partial charge on any atom is -0.481 e. The Morgan fingerprint density at radius 2 is 1.69 bits per heavy atom. The molecular formula is C14H28O2. The Bertz CT molecular complexity index is 178. The first-order valence-electron chi connectivity index (χ1n) is 6.90. The molecule has 0 fully saturated rings. The van der Waals surface area contributed by atoms with Crippen LogP contribution in [0.5, 0.6) is 0 Å². The van der Waals surface area contributed by atoms with E-state index in [9.17, 15) is 9.90 Å². The standard InChI is InChI=1S/C14H28O2/c1-4-7-8-9-11-12(10-5-2)13(6-3)14(15)16/h12-13H,4-11H2,1-3H3,(H,15,16). The molecule has 2 nitrogen and oxygen atoms in total. The van der Waals surface area contributed by atoms with Gasteiger partial charge < -0.3 is 5.11 Å². The SMILES string of the molecule is CCCCCCC(CCC)C(CC)C(=O)O. The molecule has 0 aromatic heterocycles. The third-order valence-corrected chi connectivity index (χ3v) is 3.41. The number of carbonyl (C=O) groups is 1. The van der Waals surface area contributed by atoms with Crippen LogP contribution in [0, 0.1) is 11.8 Å². The molecular weight excluding hydrogens is 200 g/mol. The van der Waals surface area contributed by atoms with Crippen LogP contribution in [0.25, 0.3) is 0 Å². The smallest absolute Gasteiger partial charge is 0.306 e. The van der Waals surface area contributed by atoms with E-state index in [1.165, 1.54) is 25.7 Å². The summed E-state index contributed by atoms with van der Waals surface area (Å²) >= 11 is 0. The van der Waals surface area contributed by atoms with E-state index in [1.54, 1.807) is 0 Å². The minimum absolute atomic E-state index is 0.124. The lowest BCUT2D eigenvalue weighted by Gasteiger charge is -2.22. The molecule has 0 aromatic carbocycles. The van der Waals surface area contributed by atoms with Gasteiger partial charge in [-0.3, -0.25) is 4.79 Å². The van der Waals surface area contributed by atoms with Crippen LogP contribution >= 0.6 is 0 Å². The molecule has 0 saturated carbocycles. The van der Waals surface area contributed by atoms with Gasteiger partial charge in [-0.1, -0.05) is 52.9 Å². The highest BCUT2D eigenvalue weighted by Gasteiger charge is 2.24. The van der Waals surface area contributed by atoms with Crippen LogP contribution < -0.4 is 0 Å².